The van der Waals surface area contributed by atoms with E-state index in [9.17, 15) is 9.90 Å². The minimum Gasteiger partial charge on any atom is -0.506 e. The Morgan fingerprint density at radius 1 is 0.765 bits per heavy atom. The fraction of sp³-hybridized carbons (Fsp3) is 0.148. The van der Waals surface area contributed by atoms with Crippen LogP contribution in [-0.2, 0) is 4.79 Å². The van der Waals surface area contributed by atoms with Gasteiger partial charge in [-0.15, -0.1) is 0 Å². The largest absolute Gasteiger partial charge is 0.506 e. The van der Waals surface area contributed by atoms with E-state index in [0.717, 1.165) is 11.1 Å². The summed E-state index contributed by atoms with van der Waals surface area (Å²) in [5.74, 6) is 1.75. The maximum absolute atomic E-state index is 12.6. The summed E-state index contributed by atoms with van der Waals surface area (Å²) >= 11 is 0. The van der Waals surface area contributed by atoms with Crippen molar-refractivity contribution in [3.63, 3.8) is 0 Å². The van der Waals surface area contributed by atoms with Crippen molar-refractivity contribution in [2.75, 3.05) is 33.8 Å². The Bertz CT molecular complexity index is 1190. The molecule has 3 aromatic carbocycles. The van der Waals surface area contributed by atoms with Gasteiger partial charge in [-0.1, -0.05) is 42.5 Å². The number of hydrogen-bond acceptors (Lipinski definition) is 6. The molecule has 0 radical (unpaired) electrons. The van der Waals surface area contributed by atoms with Gasteiger partial charge in [0.05, 0.1) is 34.1 Å². The standard InChI is InChI=1S/C27H27NO6/c1-31-22-11-6-5-8-19(22)14-15-25(30)28-26-20(9-7-10-21(26)29)13-12-18-16-23(32-2)27(34-4)24(17-18)33-3/h5-17,29H,1-4H3,(H,28,30)/b13-12?,15-14+. The summed E-state index contributed by atoms with van der Waals surface area (Å²) in [5.41, 5.74) is 2.46. The molecular weight excluding hydrogens is 434 g/mol. The average molecular weight is 462 g/mol. The highest BCUT2D eigenvalue weighted by molar-refractivity contribution is 6.04. The lowest BCUT2D eigenvalue weighted by atomic mass is 10.1. The Morgan fingerprint density at radius 3 is 2.06 bits per heavy atom. The van der Waals surface area contributed by atoms with Gasteiger partial charge < -0.3 is 29.4 Å². The highest BCUT2D eigenvalue weighted by Gasteiger charge is 2.13. The molecule has 3 rings (SSSR count). The first-order valence-electron chi connectivity index (χ1n) is 10.4. The number of para-hydroxylation sites is 2. The number of amides is 1. The van der Waals surface area contributed by atoms with Gasteiger partial charge in [0.2, 0.25) is 11.7 Å². The van der Waals surface area contributed by atoms with E-state index in [1.807, 2.05) is 30.3 Å². The molecule has 7 nitrogen and oxygen atoms in total. The topological polar surface area (TPSA) is 86.3 Å². The first-order chi connectivity index (χ1) is 16.5. The second-order valence-corrected chi connectivity index (χ2v) is 7.10. The van der Waals surface area contributed by atoms with E-state index in [-0.39, 0.29) is 5.75 Å². The Morgan fingerprint density at radius 2 is 1.41 bits per heavy atom. The summed E-state index contributed by atoms with van der Waals surface area (Å²) in [4.78, 5) is 12.6. The van der Waals surface area contributed by atoms with E-state index < -0.39 is 5.91 Å². The van der Waals surface area contributed by atoms with Crippen LogP contribution in [0.4, 0.5) is 5.69 Å². The van der Waals surface area contributed by atoms with Crippen LogP contribution < -0.4 is 24.3 Å². The molecule has 1 amide bonds. The van der Waals surface area contributed by atoms with E-state index in [0.29, 0.717) is 34.2 Å². The molecule has 0 spiro atoms. The molecule has 0 bridgehead atoms. The number of anilines is 1. The Balaban J connectivity index is 1.86. The lowest BCUT2D eigenvalue weighted by Gasteiger charge is -2.13. The quantitative estimate of drug-likeness (QED) is 0.257. The molecule has 0 fully saturated rings. The normalized spacial score (nSPS) is 10.9. The second kappa shape index (κ2) is 11.5. The number of rotatable bonds is 9. The van der Waals surface area contributed by atoms with Crippen LogP contribution in [0.3, 0.4) is 0 Å². The highest BCUT2D eigenvalue weighted by Crippen LogP contribution is 2.39. The molecule has 0 unspecified atom stereocenters. The summed E-state index contributed by atoms with van der Waals surface area (Å²) in [6.07, 6.45) is 6.64. The third-order valence-electron chi connectivity index (χ3n) is 5.02. The van der Waals surface area contributed by atoms with E-state index >= 15 is 0 Å². The first kappa shape index (κ1) is 24.3. The Kier molecular flexibility index (Phi) is 8.18. The van der Waals surface area contributed by atoms with Gasteiger partial charge in [0.15, 0.2) is 11.5 Å². The van der Waals surface area contributed by atoms with Gasteiger partial charge >= 0.3 is 0 Å². The smallest absolute Gasteiger partial charge is 0.248 e. The van der Waals surface area contributed by atoms with E-state index in [1.165, 1.54) is 12.1 Å². The second-order valence-electron chi connectivity index (χ2n) is 7.10. The van der Waals surface area contributed by atoms with Gasteiger partial charge in [0, 0.05) is 17.2 Å². The van der Waals surface area contributed by atoms with Crippen LogP contribution >= 0.6 is 0 Å². The van der Waals surface area contributed by atoms with Crippen LogP contribution in [0.1, 0.15) is 16.7 Å². The summed E-state index contributed by atoms with van der Waals surface area (Å²) in [6, 6.07) is 16.0. The molecular formula is C27H27NO6. The molecule has 0 saturated carbocycles. The van der Waals surface area contributed by atoms with Gasteiger partial charge in [0.25, 0.3) is 0 Å². The predicted octanol–water partition coefficient (Wildman–Crippen LogP) is 5.25. The zero-order valence-corrected chi connectivity index (χ0v) is 19.5. The molecule has 2 N–H and O–H groups in total. The van der Waals surface area contributed by atoms with Crippen LogP contribution in [-0.4, -0.2) is 39.5 Å². The lowest BCUT2D eigenvalue weighted by Crippen LogP contribution is -2.09. The molecule has 0 heterocycles. The summed E-state index contributed by atoms with van der Waals surface area (Å²) in [5, 5.41) is 13.1. The SMILES string of the molecule is COc1ccccc1/C=C/C(=O)Nc1c(O)cccc1C=Cc1cc(OC)c(OC)c(OC)c1. The molecule has 7 heteroatoms. The minimum atomic E-state index is -0.394. The molecule has 0 saturated heterocycles. The number of phenols is 1. The molecule has 0 aliphatic heterocycles. The van der Waals surface area contributed by atoms with Crippen molar-refractivity contribution < 1.29 is 28.8 Å². The van der Waals surface area contributed by atoms with Gasteiger partial charge in [-0.2, -0.15) is 0 Å². The number of hydrogen-bond donors (Lipinski definition) is 2. The van der Waals surface area contributed by atoms with Gasteiger partial charge in [-0.05, 0) is 35.9 Å². The zero-order valence-electron chi connectivity index (χ0n) is 19.5. The number of ether oxygens (including phenoxy) is 4. The lowest BCUT2D eigenvalue weighted by molar-refractivity contribution is -0.111. The number of carbonyl (C=O) groups is 1. The third kappa shape index (κ3) is 5.69. The van der Waals surface area contributed by atoms with Crippen LogP contribution in [0, 0.1) is 0 Å². The highest BCUT2D eigenvalue weighted by atomic mass is 16.5. The molecule has 176 valence electrons. The van der Waals surface area contributed by atoms with E-state index in [4.69, 9.17) is 18.9 Å². The van der Waals surface area contributed by atoms with Crippen molar-refractivity contribution in [3.8, 4) is 28.7 Å². The maximum Gasteiger partial charge on any atom is 0.248 e. The van der Waals surface area contributed by atoms with Gasteiger partial charge in [-0.3, -0.25) is 4.79 Å². The molecule has 0 atom stereocenters. The molecule has 34 heavy (non-hydrogen) atoms. The van der Waals surface area contributed by atoms with E-state index in [1.54, 1.807) is 64.9 Å². The maximum atomic E-state index is 12.6. The van der Waals surface area contributed by atoms with Gasteiger partial charge in [0.1, 0.15) is 11.5 Å². The number of aromatic hydroxyl groups is 1. The number of phenolic OH excluding ortho intramolecular Hbond substituents is 1. The van der Waals surface area contributed by atoms with E-state index in [2.05, 4.69) is 5.32 Å². The minimum absolute atomic E-state index is 0.0499. The van der Waals surface area contributed by atoms with Crippen molar-refractivity contribution in [1.82, 2.24) is 0 Å². The number of methoxy groups -OCH3 is 4. The molecule has 3 aromatic rings. The van der Waals surface area contributed by atoms with Crippen molar-refractivity contribution in [3.05, 3.63) is 77.4 Å². The summed E-state index contributed by atoms with van der Waals surface area (Å²) < 4.78 is 21.4. The van der Waals surface area contributed by atoms with Crippen molar-refractivity contribution in [2.24, 2.45) is 0 Å². The van der Waals surface area contributed by atoms with Gasteiger partial charge in [-0.25, -0.2) is 0 Å². The van der Waals surface area contributed by atoms with Crippen molar-refractivity contribution in [1.29, 1.82) is 0 Å². The molecule has 0 aliphatic rings. The van der Waals surface area contributed by atoms with Crippen molar-refractivity contribution >= 4 is 29.8 Å². The third-order valence-corrected chi connectivity index (χ3v) is 5.02. The fourth-order valence-corrected chi connectivity index (χ4v) is 3.35. The predicted molar refractivity (Wildman–Crippen MR) is 134 cm³/mol. The van der Waals surface area contributed by atoms with Crippen molar-refractivity contribution in [2.45, 2.75) is 0 Å². The zero-order chi connectivity index (χ0) is 24.5. The van der Waals surface area contributed by atoms with Crippen LogP contribution in [0.15, 0.2) is 60.7 Å². The average Bonchev–Trinajstić information content (AvgIpc) is 2.87. The molecule has 0 aromatic heterocycles. The monoisotopic (exact) mass is 461 g/mol. The number of nitrogens with one attached hydrogen (secondary N) is 1. The van der Waals surface area contributed by atoms with Crippen LogP contribution in [0.2, 0.25) is 0 Å². The first-order valence-corrected chi connectivity index (χ1v) is 10.4. The Hall–Kier alpha value is -4.39. The van der Waals surface area contributed by atoms with Crippen LogP contribution in [0.5, 0.6) is 28.7 Å². The molecule has 0 aliphatic carbocycles. The van der Waals surface area contributed by atoms with Crippen LogP contribution in [0.25, 0.3) is 18.2 Å². The fourth-order valence-electron chi connectivity index (χ4n) is 3.35. The summed E-state index contributed by atoms with van der Waals surface area (Å²) in [6.45, 7) is 0. The Labute approximate surface area is 198 Å². The summed E-state index contributed by atoms with van der Waals surface area (Å²) in [7, 11) is 6.21. The number of carbonyl (C=O) groups excluding carboxylic acids is 1. The number of benzene rings is 3.